The van der Waals surface area contributed by atoms with Crippen LogP contribution in [0.15, 0.2) is 48.5 Å². The number of aliphatic hydroxyl groups is 1. The standard InChI is InChI=1S/C45H66N4O13/c1-35(51)49-41-9-8-38(30-42(41)48(32-43(49)37-6-7-37)31-39-4-2-3-5-40(39)33-50)36-10-13-47(14-11-36)44(52)34-62-29-28-61-27-26-60-25-24-59-23-22-58-21-20-57-19-18-56-17-16-55-15-12-46-45(53)54/h2-5,8-10,30,37,43,46,50H,6-7,11-29,31-34H2,1H3,(H,53,54)/t43-/m1/s1. The van der Waals surface area contributed by atoms with Crippen molar-refractivity contribution in [1.82, 2.24) is 10.2 Å². The average molecular weight is 871 g/mol. The smallest absolute Gasteiger partial charge is 0.404 e. The largest absolute Gasteiger partial charge is 0.465 e. The number of rotatable bonds is 31. The van der Waals surface area contributed by atoms with Crippen LogP contribution in [0.5, 0.6) is 0 Å². The molecule has 0 bridgehead atoms. The average Bonchev–Trinajstić information content (AvgIpc) is 4.13. The molecule has 344 valence electrons. The number of ether oxygens (including phenoxy) is 8. The summed E-state index contributed by atoms with van der Waals surface area (Å²) in [6.07, 6.45) is 4.03. The van der Waals surface area contributed by atoms with Crippen molar-refractivity contribution < 1.29 is 62.5 Å². The first-order chi connectivity index (χ1) is 30.4. The first kappa shape index (κ1) is 48.9. The van der Waals surface area contributed by atoms with E-state index in [9.17, 15) is 19.5 Å². The number of benzene rings is 2. The summed E-state index contributed by atoms with van der Waals surface area (Å²) in [5.74, 6) is 0.501. The van der Waals surface area contributed by atoms with Gasteiger partial charge in [-0.25, -0.2) is 4.79 Å². The van der Waals surface area contributed by atoms with E-state index in [-0.39, 0.29) is 37.6 Å². The number of aliphatic hydroxyl groups excluding tert-OH is 1. The molecule has 17 heteroatoms. The Hall–Kier alpha value is -4.17. The second kappa shape index (κ2) is 27.8. The van der Waals surface area contributed by atoms with Crippen LogP contribution in [0.3, 0.4) is 0 Å². The van der Waals surface area contributed by atoms with Crippen molar-refractivity contribution in [1.29, 1.82) is 0 Å². The molecule has 1 saturated carbocycles. The Labute approximate surface area is 365 Å². The molecule has 1 fully saturated rings. The summed E-state index contributed by atoms with van der Waals surface area (Å²) >= 11 is 0. The molecule has 2 aromatic carbocycles. The fourth-order valence-electron chi connectivity index (χ4n) is 7.41. The maximum Gasteiger partial charge on any atom is 0.404 e. The Morgan fingerprint density at radius 2 is 1.26 bits per heavy atom. The molecule has 1 aliphatic carbocycles. The molecule has 0 aromatic heterocycles. The lowest BCUT2D eigenvalue weighted by Gasteiger charge is -2.44. The summed E-state index contributed by atoms with van der Waals surface area (Å²) < 4.78 is 43.7. The molecule has 2 heterocycles. The summed E-state index contributed by atoms with van der Waals surface area (Å²) in [7, 11) is 0. The van der Waals surface area contributed by atoms with Crippen LogP contribution in [-0.4, -0.2) is 171 Å². The molecule has 3 aliphatic rings. The topological polar surface area (TPSA) is 187 Å². The molecular formula is C45H66N4O13. The monoisotopic (exact) mass is 870 g/mol. The fourth-order valence-corrected chi connectivity index (χ4v) is 7.41. The fraction of sp³-hybridized carbons (Fsp3) is 0.622. The molecule has 2 aliphatic heterocycles. The Morgan fingerprint density at radius 1 is 0.710 bits per heavy atom. The second-order valence-electron chi connectivity index (χ2n) is 15.2. The predicted molar refractivity (Wildman–Crippen MR) is 231 cm³/mol. The number of fused-ring (bicyclic) bond motifs is 1. The molecule has 0 radical (unpaired) electrons. The van der Waals surface area contributed by atoms with Crippen molar-refractivity contribution in [2.75, 3.05) is 142 Å². The van der Waals surface area contributed by atoms with Gasteiger partial charge in [0, 0.05) is 39.6 Å². The van der Waals surface area contributed by atoms with Gasteiger partial charge in [0.05, 0.1) is 123 Å². The lowest BCUT2D eigenvalue weighted by atomic mass is 9.95. The minimum Gasteiger partial charge on any atom is -0.465 e. The number of amides is 3. The molecule has 62 heavy (non-hydrogen) atoms. The van der Waals surface area contributed by atoms with Crippen LogP contribution in [0.2, 0.25) is 0 Å². The van der Waals surface area contributed by atoms with Gasteiger partial charge in [0.2, 0.25) is 11.8 Å². The van der Waals surface area contributed by atoms with E-state index in [2.05, 4.69) is 40.6 Å². The van der Waals surface area contributed by atoms with Crippen LogP contribution in [-0.2, 0) is 60.6 Å². The number of hydrogen-bond acceptors (Lipinski definition) is 13. The molecule has 1 atom stereocenters. The molecule has 5 rings (SSSR count). The molecule has 3 N–H and O–H groups in total. The number of carboxylic acid groups (broad SMARTS) is 1. The van der Waals surface area contributed by atoms with Gasteiger partial charge in [-0.05, 0) is 59.6 Å². The second-order valence-corrected chi connectivity index (χ2v) is 15.2. The van der Waals surface area contributed by atoms with Crippen molar-refractivity contribution in [3.63, 3.8) is 0 Å². The van der Waals surface area contributed by atoms with Crippen LogP contribution in [0.1, 0.15) is 42.9 Å². The summed E-state index contributed by atoms with van der Waals surface area (Å²) in [5, 5.41) is 20.7. The van der Waals surface area contributed by atoms with Crippen molar-refractivity contribution >= 4 is 34.9 Å². The Kier molecular flexibility index (Phi) is 21.9. The zero-order valence-corrected chi connectivity index (χ0v) is 36.2. The Bertz CT molecular complexity index is 1690. The van der Waals surface area contributed by atoms with Gasteiger partial charge >= 0.3 is 6.09 Å². The molecule has 0 spiro atoms. The van der Waals surface area contributed by atoms with Crippen LogP contribution in [0, 0.1) is 5.92 Å². The van der Waals surface area contributed by atoms with E-state index in [4.69, 9.17) is 43.0 Å². The van der Waals surface area contributed by atoms with Crippen molar-refractivity contribution in [2.24, 2.45) is 5.92 Å². The highest BCUT2D eigenvalue weighted by Gasteiger charge is 2.42. The van der Waals surface area contributed by atoms with Crippen molar-refractivity contribution in [2.45, 2.75) is 45.4 Å². The summed E-state index contributed by atoms with van der Waals surface area (Å²) in [4.78, 5) is 42.4. The van der Waals surface area contributed by atoms with E-state index < -0.39 is 6.09 Å². The van der Waals surface area contributed by atoms with E-state index >= 15 is 0 Å². The predicted octanol–water partition coefficient (Wildman–Crippen LogP) is 3.35. The van der Waals surface area contributed by atoms with E-state index in [1.165, 1.54) is 5.57 Å². The van der Waals surface area contributed by atoms with Gasteiger partial charge in [-0.2, -0.15) is 0 Å². The highest BCUT2D eigenvalue weighted by atomic mass is 16.6. The molecular weight excluding hydrogens is 805 g/mol. The molecule has 17 nitrogen and oxygen atoms in total. The molecule has 0 unspecified atom stereocenters. The summed E-state index contributed by atoms with van der Waals surface area (Å²) in [6.45, 7) is 10.6. The number of carbonyl (C=O) groups is 3. The van der Waals surface area contributed by atoms with E-state index in [0.29, 0.717) is 131 Å². The minimum absolute atomic E-state index is 0.00611. The van der Waals surface area contributed by atoms with Crippen molar-refractivity contribution in [3.05, 3.63) is 65.2 Å². The molecule has 2 aromatic rings. The van der Waals surface area contributed by atoms with Gasteiger partial charge < -0.3 is 68.1 Å². The van der Waals surface area contributed by atoms with Gasteiger partial charge in [0.25, 0.3) is 0 Å². The van der Waals surface area contributed by atoms with Gasteiger partial charge in [-0.3, -0.25) is 9.59 Å². The number of nitrogens with zero attached hydrogens (tertiary/aromatic N) is 3. The number of carbonyl (C=O) groups excluding carboxylic acids is 2. The van der Waals surface area contributed by atoms with Gasteiger partial charge in [0.15, 0.2) is 0 Å². The highest BCUT2D eigenvalue weighted by molar-refractivity contribution is 5.98. The van der Waals surface area contributed by atoms with Gasteiger partial charge in [0.1, 0.15) is 6.61 Å². The van der Waals surface area contributed by atoms with Crippen LogP contribution in [0.25, 0.3) is 5.57 Å². The normalized spacial score (nSPS) is 16.3. The Morgan fingerprint density at radius 3 is 1.76 bits per heavy atom. The maximum atomic E-state index is 13.0. The zero-order valence-electron chi connectivity index (χ0n) is 36.2. The van der Waals surface area contributed by atoms with Crippen LogP contribution in [0.4, 0.5) is 16.2 Å². The minimum atomic E-state index is -1.07. The lowest BCUT2D eigenvalue weighted by molar-refractivity contribution is -0.136. The van der Waals surface area contributed by atoms with Crippen LogP contribution < -0.4 is 15.1 Å². The third kappa shape index (κ3) is 16.8. The van der Waals surface area contributed by atoms with Gasteiger partial charge in [-0.1, -0.05) is 36.4 Å². The SMILES string of the molecule is CC(=O)N1c2ccc(C3=CCN(C(=O)COCCOCCOCCOCCOCCOCCOCCOCCNC(=O)O)CC3)cc2N(Cc2ccccc2CO)C[C@@H]1C1CC1. The third-order valence-electron chi connectivity index (χ3n) is 10.8. The van der Waals surface area contributed by atoms with Gasteiger partial charge in [-0.15, -0.1) is 0 Å². The molecule has 3 amide bonds. The quantitative estimate of drug-likeness (QED) is 0.0937. The first-order valence-corrected chi connectivity index (χ1v) is 21.8. The first-order valence-electron chi connectivity index (χ1n) is 21.8. The third-order valence-corrected chi connectivity index (χ3v) is 10.8. The van der Waals surface area contributed by atoms with E-state index in [0.717, 1.165) is 47.5 Å². The molecule has 0 saturated heterocycles. The Balaban J connectivity index is 0.877. The van der Waals surface area contributed by atoms with E-state index in [1.807, 2.05) is 28.0 Å². The van der Waals surface area contributed by atoms with Crippen molar-refractivity contribution in [3.8, 4) is 0 Å². The van der Waals surface area contributed by atoms with E-state index in [1.54, 1.807) is 6.92 Å². The number of anilines is 2. The summed E-state index contributed by atoms with van der Waals surface area (Å²) in [5.41, 5.74) is 6.20. The maximum absolute atomic E-state index is 13.0. The summed E-state index contributed by atoms with van der Waals surface area (Å²) in [6, 6.07) is 14.5. The highest BCUT2D eigenvalue weighted by Crippen LogP contribution is 2.45. The lowest BCUT2D eigenvalue weighted by Crippen LogP contribution is -2.52. The number of hydrogen-bond donors (Lipinski definition) is 3. The van der Waals surface area contributed by atoms with Crippen LogP contribution >= 0.6 is 0 Å². The zero-order chi connectivity index (χ0) is 43.8. The number of nitrogens with one attached hydrogen (secondary N) is 1.